The third-order valence-corrected chi connectivity index (χ3v) is 8.74. The maximum atomic E-state index is 8.55. The molecule has 2 heterocycles. The van der Waals surface area contributed by atoms with Gasteiger partial charge in [0.25, 0.3) is 0 Å². The highest BCUT2D eigenvalue weighted by molar-refractivity contribution is 6.90. The van der Waals surface area contributed by atoms with E-state index in [0.717, 1.165) is 27.1 Å². The molecule has 0 fully saturated rings. The molecule has 180 valence electrons. The summed E-state index contributed by atoms with van der Waals surface area (Å²) in [5, 5.41) is 6.68. The van der Waals surface area contributed by atoms with Crippen molar-refractivity contribution in [3.63, 3.8) is 0 Å². The van der Waals surface area contributed by atoms with Gasteiger partial charge in [-0.1, -0.05) is 93.3 Å². The fraction of sp³-hybridized carbons (Fsp3) is 0.250. The summed E-state index contributed by atoms with van der Waals surface area (Å²) in [6.45, 7) is 8.14. The van der Waals surface area contributed by atoms with E-state index in [9.17, 15) is 0 Å². The molecule has 6 rings (SSSR count). The first-order chi connectivity index (χ1) is 19.2. The van der Waals surface area contributed by atoms with Crippen LogP contribution in [0.4, 0.5) is 0 Å². The van der Waals surface area contributed by atoms with Crippen LogP contribution in [-0.2, 0) is 6.37 Å². The minimum Gasteiger partial charge on any atom is -0.437 e. The maximum Gasteiger partial charge on any atom is 0.231 e. The van der Waals surface area contributed by atoms with E-state index < -0.39 is 21.3 Å². The Labute approximate surface area is 220 Å². The highest BCUT2D eigenvalue weighted by atomic mass is 28.3. The van der Waals surface area contributed by atoms with Crippen LogP contribution < -0.4 is 5.19 Å². The summed E-state index contributed by atoms with van der Waals surface area (Å²) in [5.74, 6) is -0.437. The van der Waals surface area contributed by atoms with Gasteiger partial charge in [-0.25, -0.2) is 4.98 Å². The number of fused-ring (bicyclic) bond motifs is 6. The van der Waals surface area contributed by atoms with Gasteiger partial charge in [0.2, 0.25) is 5.71 Å². The maximum absolute atomic E-state index is 8.55. The van der Waals surface area contributed by atoms with E-state index in [2.05, 4.69) is 53.9 Å². The Morgan fingerprint density at radius 1 is 0.889 bits per heavy atom. The van der Waals surface area contributed by atoms with Crippen LogP contribution in [0.2, 0.25) is 19.6 Å². The number of hydrogen-bond acceptors (Lipinski definition) is 3. The Bertz CT molecular complexity index is 1990. The van der Waals surface area contributed by atoms with Crippen LogP contribution in [-0.4, -0.2) is 18.0 Å². The zero-order valence-corrected chi connectivity index (χ0v) is 22.2. The smallest absolute Gasteiger partial charge is 0.231 e. The second kappa shape index (κ2) is 8.28. The number of aryl methyl sites for hydroxylation is 1. The van der Waals surface area contributed by atoms with Crippen molar-refractivity contribution in [1.29, 1.82) is 0 Å². The zero-order chi connectivity index (χ0) is 29.5. The molecule has 0 saturated heterocycles. The summed E-state index contributed by atoms with van der Waals surface area (Å²) in [4.78, 5) is 9.07. The molecule has 0 aliphatic carbocycles. The van der Waals surface area contributed by atoms with Gasteiger partial charge >= 0.3 is 0 Å². The minimum atomic E-state index is -2.51. The molecular weight excluding hydrogens is 456 g/mol. The van der Waals surface area contributed by atoms with Crippen molar-refractivity contribution in [2.24, 2.45) is 5.92 Å². The first-order valence-corrected chi connectivity index (χ1v) is 15.9. The lowest BCUT2D eigenvalue weighted by Crippen LogP contribution is -2.38. The molecule has 6 aromatic rings. The van der Waals surface area contributed by atoms with Gasteiger partial charge in [0.1, 0.15) is 11.4 Å². The third-order valence-electron chi connectivity index (χ3n) is 6.71. The Hall–Kier alpha value is -3.50. The Kier molecular flexibility index (Phi) is 4.10. The van der Waals surface area contributed by atoms with Crippen molar-refractivity contribution in [1.82, 2.24) is 9.97 Å². The van der Waals surface area contributed by atoms with E-state index in [1.54, 1.807) is 6.07 Å². The van der Waals surface area contributed by atoms with Crippen LogP contribution in [0, 0.1) is 12.8 Å². The quantitative estimate of drug-likeness (QED) is 0.231. The number of benzene rings is 4. The summed E-state index contributed by atoms with van der Waals surface area (Å²) in [6.07, 6.45) is -1.48. The van der Waals surface area contributed by atoms with Crippen molar-refractivity contribution in [2.45, 2.75) is 46.7 Å². The fourth-order valence-electron chi connectivity index (χ4n) is 5.16. The van der Waals surface area contributed by atoms with Crippen molar-refractivity contribution in [2.75, 3.05) is 0 Å². The number of nitrogens with zero attached hydrogens (tertiary/aromatic N) is 2. The molecule has 4 heteroatoms. The standard InChI is InChI=1S/C32H32N2OSi/c1-19(2)15-21-11-13-26-23(16-21)12-14-27-29-30(33-20(3)34-32(29)35-31(26)27)24-17-22-9-7-8-10-25(22)28(18-24)36(4,5)6/h7-14,16-19H,15H2,1-6H3/i3D3,15D2. The molecule has 0 aliphatic rings. The van der Waals surface area contributed by atoms with E-state index >= 15 is 0 Å². The van der Waals surface area contributed by atoms with Crippen molar-refractivity contribution in [3.05, 3.63) is 78.1 Å². The average molecular weight is 494 g/mol. The number of furan rings is 1. The Morgan fingerprint density at radius 3 is 2.44 bits per heavy atom. The van der Waals surface area contributed by atoms with Gasteiger partial charge in [0.15, 0.2) is 0 Å². The first-order valence-electron chi connectivity index (χ1n) is 14.9. The van der Waals surface area contributed by atoms with Crippen LogP contribution in [0.3, 0.4) is 0 Å². The van der Waals surface area contributed by atoms with E-state index in [-0.39, 0.29) is 17.5 Å². The van der Waals surface area contributed by atoms with E-state index in [0.29, 0.717) is 22.2 Å². The van der Waals surface area contributed by atoms with Crippen molar-refractivity contribution >= 4 is 56.9 Å². The van der Waals surface area contributed by atoms with Crippen molar-refractivity contribution < 1.29 is 11.3 Å². The highest BCUT2D eigenvalue weighted by Gasteiger charge is 2.23. The summed E-state index contributed by atoms with van der Waals surface area (Å²) in [6, 6.07) is 22.0. The van der Waals surface area contributed by atoms with Gasteiger partial charge in [-0.3, -0.25) is 0 Å². The van der Waals surface area contributed by atoms with Crippen LogP contribution in [0.15, 0.2) is 71.1 Å². The zero-order valence-electron chi connectivity index (χ0n) is 26.2. The number of rotatable bonds is 4. The van der Waals surface area contributed by atoms with Gasteiger partial charge in [-0.2, -0.15) is 4.98 Å². The van der Waals surface area contributed by atoms with Gasteiger partial charge in [0.05, 0.1) is 19.2 Å². The van der Waals surface area contributed by atoms with Crippen LogP contribution in [0.25, 0.3) is 54.9 Å². The average Bonchev–Trinajstić information content (AvgIpc) is 3.29. The Morgan fingerprint density at radius 2 is 1.67 bits per heavy atom. The topological polar surface area (TPSA) is 38.9 Å². The molecular formula is C32H32N2OSi. The molecule has 0 atom stereocenters. The van der Waals surface area contributed by atoms with E-state index in [1.807, 2.05) is 50.2 Å². The SMILES string of the molecule is [2H]C([2H])([2H])c1nc(-c2cc([Si](C)(C)C)c3ccccc3c2)c2c(n1)oc1c3ccc(C([2H])([2H])C(C)C)cc3ccc12. The normalized spacial score (nSPS) is 15.3. The number of aromatic nitrogens is 2. The Balaban J connectivity index is 1.69. The van der Waals surface area contributed by atoms with Gasteiger partial charge < -0.3 is 4.42 Å². The molecule has 0 aliphatic heterocycles. The molecule has 0 bridgehead atoms. The molecule has 0 radical (unpaired) electrons. The summed E-state index contributed by atoms with van der Waals surface area (Å²) in [7, 11) is -1.79. The van der Waals surface area contributed by atoms with Gasteiger partial charge in [0, 0.05) is 23.2 Å². The second-order valence-corrected chi connectivity index (χ2v) is 15.9. The number of hydrogen-bond donors (Lipinski definition) is 0. The lowest BCUT2D eigenvalue weighted by atomic mass is 9.98. The summed E-state index contributed by atoms with van der Waals surface area (Å²) in [5.41, 5.74) is 2.79. The molecule has 3 nitrogen and oxygen atoms in total. The van der Waals surface area contributed by atoms with E-state index in [1.165, 1.54) is 10.6 Å². The lowest BCUT2D eigenvalue weighted by molar-refractivity contribution is 0.647. The van der Waals surface area contributed by atoms with Crippen LogP contribution in [0.5, 0.6) is 0 Å². The van der Waals surface area contributed by atoms with Gasteiger partial charge in [-0.05, 0) is 53.0 Å². The minimum absolute atomic E-state index is 0.186. The molecule has 0 spiro atoms. The molecule has 2 aromatic heterocycles. The molecule has 0 N–H and O–H groups in total. The molecule has 0 amide bonds. The van der Waals surface area contributed by atoms with Gasteiger partial charge in [-0.15, -0.1) is 0 Å². The van der Waals surface area contributed by atoms with E-state index in [4.69, 9.17) is 11.3 Å². The van der Waals surface area contributed by atoms with Crippen LogP contribution >= 0.6 is 0 Å². The molecule has 0 unspecified atom stereocenters. The monoisotopic (exact) mass is 493 g/mol. The van der Waals surface area contributed by atoms with Crippen molar-refractivity contribution in [3.8, 4) is 11.3 Å². The lowest BCUT2D eigenvalue weighted by Gasteiger charge is -2.21. The van der Waals surface area contributed by atoms with Crippen LogP contribution in [0.1, 0.15) is 32.1 Å². The molecule has 4 aromatic carbocycles. The predicted molar refractivity (Wildman–Crippen MR) is 156 cm³/mol. The third kappa shape index (κ3) is 3.81. The summed E-state index contributed by atoms with van der Waals surface area (Å²) >= 11 is 0. The highest BCUT2D eigenvalue weighted by Crippen LogP contribution is 2.39. The molecule has 36 heavy (non-hydrogen) atoms. The largest absolute Gasteiger partial charge is 0.437 e. The first kappa shape index (κ1) is 17.9. The predicted octanol–water partition coefficient (Wildman–Crippen LogP) is 8.40. The molecule has 0 saturated carbocycles. The fourth-order valence-corrected chi connectivity index (χ4v) is 6.79. The summed E-state index contributed by atoms with van der Waals surface area (Å²) < 4.78 is 47.7. The second-order valence-electron chi connectivity index (χ2n) is 10.9.